The normalized spacial score (nSPS) is 11.5. The van der Waals surface area contributed by atoms with Gasteiger partial charge >= 0.3 is 0 Å². The van der Waals surface area contributed by atoms with Gasteiger partial charge in [0.25, 0.3) is 0 Å². The molecule has 42 heavy (non-hydrogen) atoms. The summed E-state index contributed by atoms with van der Waals surface area (Å²) in [6.45, 7) is 0. The zero-order chi connectivity index (χ0) is 28.0. The minimum absolute atomic E-state index is 0.242. The molecule has 0 N–H and O–H groups in total. The molecule has 6 nitrogen and oxygen atoms in total. The van der Waals surface area contributed by atoms with Gasteiger partial charge in [-0.1, -0.05) is 90.5 Å². The largest absolute Gasteiger partial charge is 0.309 e. The van der Waals surface area contributed by atoms with Crippen molar-refractivity contribution in [3.63, 3.8) is 0 Å². The van der Waals surface area contributed by atoms with Crippen molar-refractivity contribution in [3.05, 3.63) is 133 Å². The lowest BCUT2D eigenvalue weighted by atomic mass is 10.1. The predicted molar refractivity (Wildman–Crippen MR) is 169 cm³/mol. The van der Waals surface area contributed by atoms with E-state index in [9.17, 15) is 0 Å². The van der Waals surface area contributed by atoms with Crippen LogP contribution in [0.4, 0.5) is 0 Å². The first-order valence-electron chi connectivity index (χ1n) is 13.6. The molecule has 7 heteroatoms. The standard InChI is InChI=1S/C35H21ClN6/c36-32-31(37-27-14-6-7-15-28(27)38-32)35-40-33(22-10-2-1-3-11-22)39-34(41-35)23-18-20-24(21-19-23)42-29-16-8-4-12-25(29)26-13-5-9-17-30(26)42/h1-21H. The van der Waals surface area contributed by atoms with E-state index in [1.54, 1.807) is 0 Å². The first-order chi connectivity index (χ1) is 20.7. The van der Waals surface area contributed by atoms with Crippen LogP contribution in [0, 0.1) is 0 Å². The van der Waals surface area contributed by atoms with Crippen molar-refractivity contribution in [2.45, 2.75) is 0 Å². The van der Waals surface area contributed by atoms with E-state index in [0.717, 1.165) is 33.4 Å². The van der Waals surface area contributed by atoms with Gasteiger partial charge in [0.2, 0.25) is 0 Å². The fraction of sp³-hybridized carbons (Fsp3) is 0. The summed E-state index contributed by atoms with van der Waals surface area (Å²) in [5.41, 5.74) is 6.93. The monoisotopic (exact) mass is 560 g/mol. The summed E-state index contributed by atoms with van der Waals surface area (Å²) in [4.78, 5) is 23.8. The molecule has 5 aromatic carbocycles. The molecule has 0 aliphatic heterocycles. The average Bonchev–Trinajstić information content (AvgIpc) is 3.39. The summed E-state index contributed by atoms with van der Waals surface area (Å²) in [6, 6.07) is 42.7. The van der Waals surface area contributed by atoms with Gasteiger partial charge in [0.05, 0.1) is 22.1 Å². The molecule has 8 aromatic rings. The molecular weight excluding hydrogens is 540 g/mol. The molecule has 3 aromatic heterocycles. The Balaban J connectivity index is 1.28. The van der Waals surface area contributed by atoms with Crippen molar-refractivity contribution in [3.8, 4) is 40.0 Å². The van der Waals surface area contributed by atoms with Gasteiger partial charge in [-0.15, -0.1) is 0 Å². The average molecular weight is 561 g/mol. The summed E-state index contributed by atoms with van der Waals surface area (Å²) >= 11 is 6.63. The van der Waals surface area contributed by atoms with Crippen LogP contribution in [0.1, 0.15) is 0 Å². The van der Waals surface area contributed by atoms with Gasteiger partial charge in [0, 0.05) is 27.6 Å². The molecule has 0 amide bonds. The maximum Gasteiger partial charge on any atom is 0.185 e. The number of fused-ring (bicyclic) bond motifs is 4. The van der Waals surface area contributed by atoms with Crippen LogP contribution in [0.2, 0.25) is 5.15 Å². The number of hydrogen-bond acceptors (Lipinski definition) is 5. The molecule has 0 saturated heterocycles. The fourth-order valence-corrected chi connectivity index (χ4v) is 5.63. The first-order valence-corrected chi connectivity index (χ1v) is 13.9. The summed E-state index contributed by atoms with van der Waals surface area (Å²) in [5, 5.41) is 2.69. The molecule has 0 spiro atoms. The quantitative estimate of drug-likeness (QED) is 0.216. The SMILES string of the molecule is Clc1nc2ccccc2nc1-c1nc(-c2ccccc2)nc(-c2ccc(-n3c4ccccc4c4ccccc43)cc2)n1. The Morgan fingerprint density at radius 1 is 0.429 bits per heavy atom. The Hall–Kier alpha value is -5.46. The summed E-state index contributed by atoms with van der Waals surface area (Å²) in [5.74, 6) is 1.43. The van der Waals surface area contributed by atoms with Crippen LogP contribution in [0.15, 0.2) is 127 Å². The molecule has 198 valence electrons. The summed E-state index contributed by atoms with van der Waals surface area (Å²) < 4.78 is 2.28. The van der Waals surface area contributed by atoms with Gasteiger partial charge < -0.3 is 4.57 Å². The minimum Gasteiger partial charge on any atom is -0.309 e. The lowest BCUT2D eigenvalue weighted by Crippen LogP contribution is -2.03. The van der Waals surface area contributed by atoms with Crippen LogP contribution in [0.3, 0.4) is 0 Å². The van der Waals surface area contributed by atoms with E-state index in [2.05, 4.69) is 70.2 Å². The maximum absolute atomic E-state index is 6.63. The smallest absolute Gasteiger partial charge is 0.185 e. The van der Waals surface area contributed by atoms with Crippen LogP contribution in [-0.4, -0.2) is 29.5 Å². The number of nitrogens with zero attached hydrogens (tertiary/aromatic N) is 6. The van der Waals surface area contributed by atoms with Crippen molar-refractivity contribution in [1.29, 1.82) is 0 Å². The van der Waals surface area contributed by atoms with E-state index >= 15 is 0 Å². The van der Waals surface area contributed by atoms with Crippen LogP contribution < -0.4 is 0 Å². The van der Waals surface area contributed by atoms with Crippen LogP contribution in [0.25, 0.3) is 72.8 Å². The zero-order valence-electron chi connectivity index (χ0n) is 22.2. The number of para-hydroxylation sites is 4. The molecule has 0 aliphatic carbocycles. The van der Waals surface area contributed by atoms with Crippen molar-refractivity contribution in [2.24, 2.45) is 0 Å². The Morgan fingerprint density at radius 3 is 1.57 bits per heavy atom. The molecule has 0 bridgehead atoms. The van der Waals surface area contributed by atoms with Crippen molar-refractivity contribution in [1.82, 2.24) is 29.5 Å². The van der Waals surface area contributed by atoms with Gasteiger partial charge in [-0.2, -0.15) is 0 Å². The van der Waals surface area contributed by atoms with Crippen LogP contribution >= 0.6 is 11.6 Å². The third-order valence-corrected chi connectivity index (χ3v) is 7.63. The van der Waals surface area contributed by atoms with Crippen LogP contribution in [0.5, 0.6) is 0 Å². The molecule has 0 aliphatic rings. The van der Waals surface area contributed by atoms with Crippen LogP contribution in [-0.2, 0) is 0 Å². The molecule has 0 radical (unpaired) electrons. The molecule has 0 atom stereocenters. The molecule has 0 saturated carbocycles. The molecule has 8 rings (SSSR count). The third kappa shape index (κ3) is 4.08. The Morgan fingerprint density at radius 2 is 0.929 bits per heavy atom. The highest BCUT2D eigenvalue weighted by Gasteiger charge is 2.18. The Labute approximate surface area is 246 Å². The van der Waals surface area contributed by atoms with Gasteiger partial charge in [-0.3, -0.25) is 0 Å². The van der Waals surface area contributed by atoms with E-state index in [-0.39, 0.29) is 5.15 Å². The highest BCUT2D eigenvalue weighted by atomic mass is 35.5. The fourth-order valence-electron chi connectivity index (χ4n) is 5.41. The molecule has 3 heterocycles. The number of benzene rings is 5. The Kier molecular flexibility index (Phi) is 5.72. The van der Waals surface area contributed by atoms with Gasteiger partial charge in [-0.25, -0.2) is 24.9 Å². The number of aromatic nitrogens is 6. The second kappa shape index (κ2) is 9.87. The third-order valence-electron chi connectivity index (χ3n) is 7.37. The second-order valence-electron chi connectivity index (χ2n) is 9.94. The van der Waals surface area contributed by atoms with Gasteiger partial charge in [0.1, 0.15) is 5.69 Å². The predicted octanol–water partition coefficient (Wildman–Crippen LogP) is 8.57. The summed E-state index contributed by atoms with van der Waals surface area (Å²) in [6.07, 6.45) is 0. The summed E-state index contributed by atoms with van der Waals surface area (Å²) in [7, 11) is 0. The molecular formula is C35H21ClN6. The topological polar surface area (TPSA) is 69.4 Å². The van der Waals surface area contributed by atoms with E-state index in [1.165, 1.54) is 10.8 Å². The Bertz CT molecular complexity index is 2210. The molecule has 0 fully saturated rings. The first kappa shape index (κ1) is 24.3. The lowest BCUT2D eigenvalue weighted by Gasteiger charge is -2.11. The number of hydrogen-bond donors (Lipinski definition) is 0. The maximum atomic E-state index is 6.63. The number of halogens is 1. The number of rotatable bonds is 4. The highest BCUT2D eigenvalue weighted by molar-refractivity contribution is 6.32. The van der Waals surface area contributed by atoms with Crippen molar-refractivity contribution >= 4 is 44.4 Å². The minimum atomic E-state index is 0.242. The van der Waals surface area contributed by atoms with E-state index in [4.69, 9.17) is 31.5 Å². The van der Waals surface area contributed by atoms with Crippen molar-refractivity contribution in [2.75, 3.05) is 0 Å². The second-order valence-corrected chi connectivity index (χ2v) is 10.3. The van der Waals surface area contributed by atoms with Gasteiger partial charge in [-0.05, 0) is 48.5 Å². The molecule has 0 unspecified atom stereocenters. The lowest BCUT2D eigenvalue weighted by molar-refractivity contribution is 1.06. The van der Waals surface area contributed by atoms with E-state index in [1.807, 2.05) is 66.7 Å². The highest BCUT2D eigenvalue weighted by Crippen LogP contribution is 2.33. The van der Waals surface area contributed by atoms with Crippen molar-refractivity contribution < 1.29 is 0 Å². The van der Waals surface area contributed by atoms with E-state index in [0.29, 0.717) is 28.7 Å². The zero-order valence-corrected chi connectivity index (χ0v) is 22.9. The van der Waals surface area contributed by atoms with E-state index < -0.39 is 0 Å². The van der Waals surface area contributed by atoms with Gasteiger partial charge in [0.15, 0.2) is 22.6 Å².